The van der Waals surface area contributed by atoms with Gasteiger partial charge in [0.15, 0.2) is 0 Å². The summed E-state index contributed by atoms with van der Waals surface area (Å²) in [5, 5.41) is 14.1. The van der Waals surface area contributed by atoms with Crippen LogP contribution >= 0.6 is 0 Å². The molecule has 0 atom stereocenters. The van der Waals surface area contributed by atoms with Gasteiger partial charge in [0.1, 0.15) is 0 Å². The molecule has 3 N–H and O–H groups in total. The van der Waals surface area contributed by atoms with E-state index in [0.717, 1.165) is 16.6 Å². The topological polar surface area (TPSA) is 69.8 Å². The first-order valence-electron chi connectivity index (χ1n) is 6.78. The predicted molar refractivity (Wildman–Crippen MR) is 75.0 cm³/mol. The third kappa shape index (κ3) is 2.76. The van der Waals surface area contributed by atoms with Gasteiger partial charge in [-0.2, -0.15) is 5.10 Å². The molecule has 2 aromatic rings. The van der Waals surface area contributed by atoms with E-state index in [1.165, 1.54) is 25.7 Å². The largest absolute Gasteiger partial charge is 0.323 e. The smallest absolute Gasteiger partial charge is 0.238 e. The number of hydrogen-bond donors (Lipinski definition) is 3. The van der Waals surface area contributed by atoms with Crippen molar-refractivity contribution in [3.05, 3.63) is 24.4 Å². The first kappa shape index (κ1) is 12.2. The van der Waals surface area contributed by atoms with E-state index in [1.807, 2.05) is 18.2 Å². The lowest BCUT2D eigenvalue weighted by Crippen LogP contribution is -2.34. The van der Waals surface area contributed by atoms with Gasteiger partial charge in [-0.05, 0) is 18.9 Å². The summed E-state index contributed by atoms with van der Waals surface area (Å²) in [5.41, 5.74) is 1.66. The number of amides is 1. The molecule has 1 aromatic carbocycles. The normalized spacial score (nSPS) is 16.0. The second-order valence-corrected chi connectivity index (χ2v) is 5.05. The second kappa shape index (κ2) is 5.40. The minimum atomic E-state index is -0.00556. The Kier molecular flexibility index (Phi) is 3.46. The molecular formula is C14H18N4O. The lowest BCUT2D eigenvalue weighted by atomic mass is 10.2. The van der Waals surface area contributed by atoms with Gasteiger partial charge in [-0.1, -0.05) is 25.0 Å². The molecule has 1 aromatic heterocycles. The van der Waals surface area contributed by atoms with Crippen molar-refractivity contribution >= 4 is 22.5 Å². The molecule has 1 heterocycles. The van der Waals surface area contributed by atoms with E-state index in [2.05, 4.69) is 20.8 Å². The standard InChI is InChI=1S/C14H18N4O/c19-13(9-15-11-5-1-2-6-11)17-12-7-3-4-10-8-16-18-14(10)12/h3-4,7-8,11,15H,1-2,5-6,9H2,(H,16,18)(H,17,19). The Morgan fingerprint density at radius 1 is 1.37 bits per heavy atom. The molecule has 1 saturated carbocycles. The number of anilines is 1. The number of fused-ring (bicyclic) bond motifs is 1. The van der Waals surface area contributed by atoms with Crippen LogP contribution in [0.15, 0.2) is 24.4 Å². The monoisotopic (exact) mass is 258 g/mol. The number of nitrogens with one attached hydrogen (secondary N) is 3. The third-order valence-corrected chi connectivity index (χ3v) is 3.66. The summed E-state index contributed by atoms with van der Waals surface area (Å²) in [5.74, 6) is -0.00556. The fourth-order valence-electron chi connectivity index (χ4n) is 2.63. The summed E-state index contributed by atoms with van der Waals surface area (Å²) < 4.78 is 0. The number of rotatable bonds is 4. The van der Waals surface area contributed by atoms with Gasteiger partial charge in [-0.3, -0.25) is 9.89 Å². The fourth-order valence-corrected chi connectivity index (χ4v) is 2.63. The Labute approximate surface area is 111 Å². The molecule has 1 amide bonds. The number of hydrogen-bond acceptors (Lipinski definition) is 3. The minimum Gasteiger partial charge on any atom is -0.323 e. The molecule has 0 spiro atoms. The van der Waals surface area contributed by atoms with E-state index in [-0.39, 0.29) is 5.91 Å². The van der Waals surface area contributed by atoms with Crippen molar-refractivity contribution in [3.63, 3.8) is 0 Å². The third-order valence-electron chi connectivity index (χ3n) is 3.66. The molecule has 1 fully saturated rings. The highest BCUT2D eigenvalue weighted by molar-refractivity contribution is 6.00. The van der Waals surface area contributed by atoms with Crippen molar-refractivity contribution in [2.45, 2.75) is 31.7 Å². The van der Waals surface area contributed by atoms with Crippen molar-refractivity contribution in [1.82, 2.24) is 15.5 Å². The molecule has 0 aliphatic heterocycles. The maximum atomic E-state index is 11.9. The van der Waals surface area contributed by atoms with E-state index in [0.29, 0.717) is 12.6 Å². The number of H-pyrrole nitrogens is 1. The Hall–Kier alpha value is -1.88. The van der Waals surface area contributed by atoms with Crippen molar-refractivity contribution in [3.8, 4) is 0 Å². The number of aromatic nitrogens is 2. The van der Waals surface area contributed by atoms with Crippen LogP contribution in [0.25, 0.3) is 10.9 Å². The molecule has 1 aliphatic carbocycles. The zero-order valence-corrected chi connectivity index (χ0v) is 10.8. The van der Waals surface area contributed by atoms with Crippen LogP contribution in [-0.4, -0.2) is 28.7 Å². The van der Waals surface area contributed by atoms with Gasteiger partial charge in [-0.25, -0.2) is 0 Å². The zero-order valence-electron chi connectivity index (χ0n) is 10.8. The van der Waals surface area contributed by atoms with Gasteiger partial charge in [-0.15, -0.1) is 0 Å². The highest BCUT2D eigenvalue weighted by Gasteiger charge is 2.15. The van der Waals surface area contributed by atoms with Gasteiger partial charge in [0.25, 0.3) is 0 Å². The molecule has 0 unspecified atom stereocenters. The quantitative estimate of drug-likeness (QED) is 0.786. The predicted octanol–water partition coefficient (Wildman–Crippen LogP) is 2.03. The van der Waals surface area contributed by atoms with Crippen LogP contribution in [-0.2, 0) is 4.79 Å². The first-order chi connectivity index (χ1) is 9.33. The van der Waals surface area contributed by atoms with Crippen LogP contribution < -0.4 is 10.6 Å². The zero-order chi connectivity index (χ0) is 13.1. The van der Waals surface area contributed by atoms with Gasteiger partial charge in [0, 0.05) is 11.4 Å². The van der Waals surface area contributed by atoms with E-state index < -0.39 is 0 Å². The number of carbonyl (C=O) groups excluding carboxylic acids is 1. The number of benzene rings is 1. The Morgan fingerprint density at radius 3 is 3.05 bits per heavy atom. The number of carbonyl (C=O) groups is 1. The van der Waals surface area contributed by atoms with Gasteiger partial charge in [0.2, 0.25) is 5.91 Å². The average molecular weight is 258 g/mol. The molecule has 100 valence electrons. The molecule has 0 bridgehead atoms. The fraction of sp³-hybridized carbons (Fsp3) is 0.429. The van der Waals surface area contributed by atoms with Crippen LogP contribution in [0.1, 0.15) is 25.7 Å². The maximum Gasteiger partial charge on any atom is 0.238 e. The molecule has 19 heavy (non-hydrogen) atoms. The summed E-state index contributed by atoms with van der Waals surface area (Å²) >= 11 is 0. The molecule has 1 aliphatic rings. The average Bonchev–Trinajstić information content (AvgIpc) is 3.08. The van der Waals surface area contributed by atoms with E-state index in [1.54, 1.807) is 6.20 Å². The van der Waals surface area contributed by atoms with Crippen molar-refractivity contribution in [2.75, 3.05) is 11.9 Å². The van der Waals surface area contributed by atoms with E-state index in [9.17, 15) is 4.79 Å². The van der Waals surface area contributed by atoms with Gasteiger partial charge < -0.3 is 10.6 Å². The van der Waals surface area contributed by atoms with Gasteiger partial charge in [0.05, 0.1) is 23.9 Å². The van der Waals surface area contributed by atoms with E-state index in [4.69, 9.17) is 0 Å². The van der Waals surface area contributed by atoms with Crippen LogP contribution in [0.4, 0.5) is 5.69 Å². The summed E-state index contributed by atoms with van der Waals surface area (Å²) in [6.07, 6.45) is 6.66. The lowest BCUT2D eigenvalue weighted by molar-refractivity contribution is -0.115. The SMILES string of the molecule is O=C(CNC1CCCC1)Nc1cccc2cn[nH]c12. The van der Waals surface area contributed by atoms with Crippen LogP contribution in [0.2, 0.25) is 0 Å². The molecule has 5 heteroatoms. The Balaban J connectivity index is 1.60. The summed E-state index contributed by atoms with van der Waals surface area (Å²) in [7, 11) is 0. The van der Waals surface area contributed by atoms with Crippen LogP contribution in [0.5, 0.6) is 0 Å². The minimum absolute atomic E-state index is 0.00556. The lowest BCUT2D eigenvalue weighted by Gasteiger charge is -2.12. The van der Waals surface area contributed by atoms with E-state index >= 15 is 0 Å². The Morgan fingerprint density at radius 2 is 2.21 bits per heavy atom. The van der Waals surface area contributed by atoms with Crippen LogP contribution in [0, 0.1) is 0 Å². The molecule has 0 radical (unpaired) electrons. The maximum absolute atomic E-state index is 11.9. The molecule has 5 nitrogen and oxygen atoms in total. The highest BCUT2D eigenvalue weighted by atomic mass is 16.1. The molecule has 3 rings (SSSR count). The number of aromatic amines is 1. The van der Waals surface area contributed by atoms with Crippen LogP contribution in [0.3, 0.4) is 0 Å². The first-order valence-corrected chi connectivity index (χ1v) is 6.78. The second-order valence-electron chi connectivity index (χ2n) is 5.05. The highest BCUT2D eigenvalue weighted by Crippen LogP contribution is 2.20. The summed E-state index contributed by atoms with van der Waals surface area (Å²) in [4.78, 5) is 11.9. The van der Waals surface area contributed by atoms with Crippen molar-refractivity contribution in [2.24, 2.45) is 0 Å². The van der Waals surface area contributed by atoms with Crippen molar-refractivity contribution in [1.29, 1.82) is 0 Å². The molecular weight excluding hydrogens is 240 g/mol. The Bertz CT molecular complexity index is 572. The van der Waals surface area contributed by atoms with Crippen molar-refractivity contribution < 1.29 is 4.79 Å². The van der Waals surface area contributed by atoms with Gasteiger partial charge >= 0.3 is 0 Å². The number of para-hydroxylation sites is 1. The summed E-state index contributed by atoms with van der Waals surface area (Å²) in [6, 6.07) is 6.27. The summed E-state index contributed by atoms with van der Waals surface area (Å²) in [6.45, 7) is 0.370. The number of nitrogens with zero attached hydrogens (tertiary/aromatic N) is 1. The molecule has 0 saturated heterocycles.